The minimum atomic E-state index is 0.0416. The lowest BCUT2D eigenvalue weighted by molar-refractivity contribution is -0.116. The quantitative estimate of drug-likeness (QED) is 0.891. The van der Waals surface area contributed by atoms with E-state index < -0.39 is 0 Å². The number of benzene rings is 1. The molecule has 21 heavy (non-hydrogen) atoms. The number of anilines is 1. The van der Waals surface area contributed by atoms with Gasteiger partial charge in [-0.2, -0.15) is 26.8 Å². The molecular formula is C14H17N5OS. The van der Waals surface area contributed by atoms with Crippen LogP contribution in [0.4, 0.5) is 5.69 Å². The van der Waals surface area contributed by atoms with Gasteiger partial charge in [0, 0.05) is 36.2 Å². The Morgan fingerprint density at radius 2 is 2.10 bits per heavy atom. The van der Waals surface area contributed by atoms with Gasteiger partial charge in [-0.05, 0) is 24.3 Å². The van der Waals surface area contributed by atoms with E-state index in [9.17, 15) is 4.79 Å². The fourth-order valence-electron chi connectivity index (χ4n) is 2.21. The van der Waals surface area contributed by atoms with Gasteiger partial charge in [-0.1, -0.05) is 0 Å². The summed E-state index contributed by atoms with van der Waals surface area (Å²) in [6.45, 7) is 0.980. The van der Waals surface area contributed by atoms with Crippen LogP contribution in [0.15, 0.2) is 36.7 Å². The van der Waals surface area contributed by atoms with Gasteiger partial charge in [0.15, 0.2) is 0 Å². The maximum absolute atomic E-state index is 12.0. The molecule has 2 heterocycles. The second-order valence-corrected chi connectivity index (χ2v) is 5.99. The van der Waals surface area contributed by atoms with E-state index >= 15 is 0 Å². The minimum Gasteiger partial charge on any atom is -0.326 e. The topological polar surface area (TPSA) is 71.8 Å². The highest BCUT2D eigenvalue weighted by atomic mass is 32.2. The first-order chi connectivity index (χ1) is 10.3. The van der Waals surface area contributed by atoms with Crippen LogP contribution in [-0.2, 0) is 4.79 Å². The molecular weight excluding hydrogens is 286 g/mol. The van der Waals surface area contributed by atoms with Crippen LogP contribution in [0.5, 0.6) is 0 Å². The molecule has 6 nitrogen and oxygen atoms in total. The predicted octanol–water partition coefficient (Wildman–Crippen LogP) is 1.30. The Bertz CT molecular complexity index is 578. The third kappa shape index (κ3) is 3.83. The number of hydrogen-bond donors (Lipinski definition) is 2. The Balaban J connectivity index is 1.56. The highest BCUT2D eigenvalue weighted by molar-refractivity contribution is 7.99. The van der Waals surface area contributed by atoms with Crippen LogP contribution in [0.25, 0.3) is 5.69 Å². The second-order valence-electron chi connectivity index (χ2n) is 4.84. The maximum atomic E-state index is 12.0. The molecule has 1 atom stereocenters. The Kier molecular flexibility index (Phi) is 4.52. The molecule has 2 aromatic rings. The number of aromatic nitrogens is 3. The molecule has 2 N–H and O–H groups in total. The molecule has 1 aromatic heterocycles. The van der Waals surface area contributed by atoms with Gasteiger partial charge in [-0.15, -0.1) is 0 Å². The molecule has 1 fully saturated rings. The summed E-state index contributed by atoms with van der Waals surface area (Å²) >= 11 is 1.89. The van der Waals surface area contributed by atoms with Crippen molar-refractivity contribution in [1.29, 1.82) is 0 Å². The predicted molar refractivity (Wildman–Crippen MR) is 83.7 cm³/mol. The number of hydrogen-bond acceptors (Lipinski definition) is 5. The highest BCUT2D eigenvalue weighted by Crippen LogP contribution is 2.14. The van der Waals surface area contributed by atoms with Crippen molar-refractivity contribution in [3.05, 3.63) is 36.7 Å². The fourth-order valence-corrected chi connectivity index (χ4v) is 3.16. The van der Waals surface area contributed by atoms with Gasteiger partial charge < -0.3 is 10.6 Å². The number of thioether (sulfide) groups is 1. The summed E-state index contributed by atoms with van der Waals surface area (Å²) in [6.07, 6.45) is 3.77. The SMILES string of the molecule is O=C(CC1CSCCN1)Nc1ccc(-n2nccn2)cc1. The van der Waals surface area contributed by atoms with Gasteiger partial charge in [-0.3, -0.25) is 4.79 Å². The minimum absolute atomic E-state index is 0.0416. The van der Waals surface area contributed by atoms with Gasteiger partial charge in [-0.25, -0.2) is 0 Å². The van der Waals surface area contributed by atoms with E-state index in [0.29, 0.717) is 6.42 Å². The Morgan fingerprint density at radius 3 is 2.76 bits per heavy atom. The van der Waals surface area contributed by atoms with E-state index in [-0.39, 0.29) is 11.9 Å². The first-order valence-electron chi connectivity index (χ1n) is 6.89. The van der Waals surface area contributed by atoms with Crippen molar-refractivity contribution in [3.63, 3.8) is 0 Å². The van der Waals surface area contributed by atoms with Crippen LogP contribution in [0.3, 0.4) is 0 Å². The summed E-state index contributed by atoms with van der Waals surface area (Å²) in [4.78, 5) is 13.5. The molecule has 0 spiro atoms. The standard InChI is InChI=1S/C14H17N5OS/c20-14(9-12-10-21-8-7-15-12)18-11-1-3-13(4-2-11)19-16-5-6-17-19/h1-6,12,15H,7-10H2,(H,18,20). The summed E-state index contributed by atoms with van der Waals surface area (Å²) in [5, 5.41) is 14.4. The summed E-state index contributed by atoms with van der Waals surface area (Å²) in [5.74, 6) is 2.17. The van der Waals surface area contributed by atoms with Crippen molar-refractivity contribution in [2.45, 2.75) is 12.5 Å². The lowest BCUT2D eigenvalue weighted by Crippen LogP contribution is -2.39. The zero-order chi connectivity index (χ0) is 14.5. The smallest absolute Gasteiger partial charge is 0.225 e. The summed E-state index contributed by atoms with van der Waals surface area (Å²) < 4.78 is 0. The van der Waals surface area contributed by atoms with Crippen LogP contribution < -0.4 is 10.6 Å². The van der Waals surface area contributed by atoms with Gasteiger partial charge >= 0.3 is 0 Å². The molecule has 1 saturated heterocycles. The van der Waals surface area contributed by atoms with Gasteiger partial charge in [0.1, 0.15) is 0 Å². The van der Waals surface area contributed by atoms with Crippen molar-refractivity contribution >= 4 is 23.4 Å². The first-order valence-corrected chi connectivity index (χ1v) is 8.04. The number of nitrogens with one attached hydrogen (secondary N) is 2. The van der Waals surface area contributed by atoms with E-state index in [2.05, 4.69) is 20.8 Å². The normalized spacial score (nSPS) is 18.4. The van der Waals surface area contributed by atoms with Gasteiger partial charge in [0.25, 0.3) is 0 Å². The number of carbonyl (C=O) groups excluding carboxylic acids is 1. The van der Waals surface area contributed by atoms with E-state index in [1.165, 1.54) is 4.80 Å². The molecule has 1 aromatic carbocycles. The Labute approximate surface area is 127 Å². The third-order valence-corrected chi connectivity index (χ3v) is 4.36. The highest BCUT2D eigenvalue weighted by Gasteiger charge is 2.16. The van der Waals surface area contributed by atoms with E-state index in [1.54, 1.807) is 12.4 Å². The number of nitrogens with zero attached hydrogens (tertiary/aromatic N) is 3. The molecule has 110 valence electrons. The van der Waals surface area contributed by atoms with E-state index in [0.717, 1.165) is 29.4 Å². The molecule has 1 aliphatic rings. The molecule has 1 unspecified atom stereocenters. The average Bonchev–Trinajstić information content (AvgIpc) is 3.03. The largest absolute Gasteiger partial charge is 0.326 e. The molecule has 1 aliphatic heterocycles. The molecule has 0 bridgehead atoms. The first kappa shape index (κ1) is 14.1. The van der Waals surface area contributed by atoms with E-state index in [1.807, 2.05) is 36.0 Å². The zero-order valence-electron chi connectivity index (χ0n) is 11.5. The average molecular weight is 303 g/mol. The number of rotatable bonds is 4. The Morgan fingerprint density at radius 1 is 1.33 bits per heavy atom. The molecule has 1 amide bonds. The fraction of sp³-hybridized carbons (Fsp3) is 0.357. The number of amides is 1. The van der Waals surface area contributed by atoms with Crippen molar-refractivity contribution in [1.82, 2.24) is 20.3 Å². The lowest BCUT2D eigenvalue weighted by atomic mass is 10.2. The van der Waals surface area contributed by atoms with E-state index in [4.69, 9.17) is 0 Å². The number of carbonyl (C=O) groups is 1. The Hall–Kier alpha value is -1.86. The molecule has 0 saturated carbocycles. The zero-order valence-corrected chi connectivity index (χ0v) is 12.3. The van der Waals surface area contributed by atoms with Crippen LogP contribution >= 0.6 is 11.8 Å². The van der Waals surface area contributed by atoms with Crippen molar-refractivity contribution in [2.75, 3.05) is 23.4 Å². The molecule has 0 radical (unpaired) electrons. The van der Waals surface area contributed by atoms with Crippen molar-refractivity contribution in [2.24, 2.45) is 0 Å². The van der Waals surface area contributed by atoms with Crippen LogP contribution in [0, 0.1) is 0 Å². The van der Waals surface area contributed by atoms with Crippen LogP contribution in [0.2, 0.25) is 0 Å². The summed E-state index contributed by atoms with van der Waals surface area (Å²) in [6, 6.07) is 7.75. The summed E-state index contributed by atoms with van der Waals surface area (Å²) in [5.41, 5.74) is 1.66. The van der Waals surface area contributed by atoms with Crippen LogP contribution in [-0.4, -0.2) is 45.0 Å². The van der Waals surface area contributed by atoms with Gasteiger partial charge in [0.2, 0.25) is 5.91 Å². The van der Waals surface area contributed by atoms with Crippen molar-refractivity contribution in [3.8, 4) is 5.69 Å². The van der Waals surface area contributed by atoms with Gasteiger partial charge in [0.05, 0.1) is 18.1 Å². The monoisotopic (exact) mass is 303 g/mol. The molecule has 7 heteroatoms. The third-order valence-electron chi connectivity index (χ3n) is 3.23. The summed E-state index contributed by atoms with van der Waals surface area (Å²) in [7, 11) is 0. The van der Waals surface area contributed by atoms with Crippen molar-refractivity contribution < 1.29 is 4.79 Å². The lowest BCUT2D eigenvalue weighted by Gasteiger charge is -2.22. The van der Waals surface area contributed by atoms with Crippen LogP contribution in [0.1, 0.15) is 6.42 Å². The molecule has 3 rings (SSSR count). The maximum Gasteiger partial charge on any atom is 0.225 e. The second kappa shape index (κ2) is 6.73. The molecule has 0 aliphatic carbocycles.